The highest BCUT2D eigenvalue weighted by Gasteiger charge is 2.19. The highest BCUT2D eigenvalue weighted by molar-refractivity contribution is 5.42. The Kier molecular flexibility index (Phi) is 2.52. The Labute approximate surface area is 84.1 Å². The minimum atomic E-state index is 0.485. The van der Waals surface area contributed by atoms with Crippen LogP contribution < -0.4 is 10.6 Å². The van der Waals surface area contributed by atoms with Crippen molar-refractivity contribution in [2.24, 2.45) is 0 Å². The van der Waals surface area contributed by atoms with Crippen LogP contribution in [0, 0.1) is 0 Å². The van der Waals surface area contributed by atoms with E-state index in [9.17, 15) is 0 Å². The Morgan fingerprint density at radius 1 is 1.36 bits per heavy atom. The molecule has 0 radical (unpaired) electrons. The van der Waals surface area contributed by atoms with E-state index in [1.807, 2.05) is 12.1 Å². The van der Waals surface area contributed by atoms with Crippen molar-refractivity contribution in [2.75, 3.05) is 17.2 Å². The molecule has 0 unspecified atom stereocenters. The molecule has 2 heterocycles. The molecule has 14 heavy (non-hydrogen) atoms. The molecule has 1 atom stereocenters. The maximum atomic E-state index is 5.50. The van der Waals surface area contributed by atoms with Crippen molar-refractivity contribution in [3.63, 3.8) is 0 Å². The van der Waals surface area contributed by atoms with E-state index in [-0.39, 0.29) is 0 Å². The van der Waals surface area contributed by atoms with Gasteiger partial charge in [-0.2, -0.15) is 0 Å². The third-order valence-electron chi connectivity index (χ3n) is 2.77. The minimum absolute atomic E-state index is 0.485. The van der Waals surface area contributed by atoms with Crippen LogP contribution in [0.25, 0.3) is 0 Å². The maximum Gasteiger partial charge on any atom is 0.151 e. The topological polar surface area (TPSA) is 55.0 Å². The SMILES string of the molecule is C[C@@H]1CCCCN1c1ccc(N)nn1. The van der Waals surface area contributed by atoms with E-state index in [1.165, 1.54) is 19.3 Å². The fourth-order valence-electron chi connectivity index (χ4n) is 1.93. The molecule has 1 aliphatic rings. The molecule has 1 aromatic rings. The van der Waals surface area contributed by atoms with Gasteiger partial charge in [0.25, 0.3) is 0 Å². The second-order valence-electron chi connectivity index (χ2n) is 3.85. The van der Waals surface area contributed by atoms with Crippen LogP contribution >= 0.6 is 0 Å². The van der Waals surface area contributed by atoms with Gasteiger partial charge in [0.1, 0.15) is 5.82 Å². The van der Waals surface area contributed by atoms with Gasteiger partial charge in [-0.3, -0.25) is 0 Å². The number of nitrogen functional groups attached to an aromatic ring is 1. The van der Waals surface area contributed by atoms with Crippen LogP contribution in [0.2, 0.25) is 0 Å². The summed E-state index contributed by atoms with van der Waals surface area (Å²) in [6, 6.07) is 4.33. The van der Waals surface area contributed by atoms with Gasteiger partial charge in [-0.1, -0.05) is 0 Å². The van der Waals surface area contributed by atoms with Crippen LogP contribution in [0.3, 0.4) is 0 Å². The quantitative estimate of drug-likeness (QED) is 0.731. The Morgan fingerprint density at radius 3 is 2.86 bits per heavy atom. The van der Waals surface area contributed by atoms with E-state index in [4.69, 9.17) is 5.73 Å². The van der Waals surface area contributed by atoms with E-state index in [0.29, 0.717) is 11.9 Å². The van der Waals surface area contributed by atoms with E-state index < -0.39 is 0 Å². The lowest BCUT2D eigenvalue weighted by atomic mass is 10.0. The first kappa shape index (κ1) is 9.24. The number of aromatic nitrogens is 2. The van der Waals surface area contributed by atoms with E-state index in [0.717, 1.165) is 12.4 Å². The normalized spacial score (nSPS) is 22.4. The molecule has 0 amide bonds. The van der Waals surface area contributed by atoms with Crippen molar-refractivity contribution < 1.29 is 0 Å². The molecule has 1 saturated heterocycles. The van der Waals surface area contributed by atoms with Gasteiger partial charge < -0.3 is 10.6 Å². The summed E-state index contributed by atoms with van der Waals surface area (Å²) in [5, 5.41) is 7.98. The molecule has 0 bridgehead atoms. The van der Waals surface area contributed by atoms with Gasteiger partial charge in [0.05, 0.1) is 0 Å². The number of hydrogen-bond donors (Lipinski definition) is 1. The first-order valence-corrected chi connectivity index (χ1v) is 5.13. The zero-order valence-corrected chi connectivity index (χ0v) is 8.48. The molecule has 0 saturated carbocycles. The smallest absolute Gasteiger partial charge is 0.151 e. The van der Waals surface area contributed by atoms with Crippen LogP contribution in [-0.2, 0) is 0 Å². The Balaban J connectivity index is 2.16. The van der Waals surface area contributed by atoms with Crippen LogP contribution in [0.15, 0.2) is 12.1 Å². The Hall–Kier alpha value is -1.32. The average molecular weight is 192 g/mol. The Morgan fingerprint density at radius 2 is 2.21 bits per heavy atom. The summed E-state index contributed by atoms with van der Waals surface area (Å²) in [4.78, 5) is 2.30. The summed E-state index contributed by atoms with van der Waals surface area (Å²) in [7, 11) is 0. The lowest BCUT2D eigenvalue weighted by molar-refractivity contribution is 0.480. The van der Waals surface area contributed by atoms with Crippen molar-refractivity contribution in [3.05, 3.63) is 12.1 Å². The molecule has 1 fully saturated rings. The fraction of sp³-hybridized carbons (Fsp3) is 0.600. The van der Waals surface area contributed by atoms with Gasteiger partial charge in [0.15, 0.2) is 5.82 Å². The van der Waals surface area contributed by atoms with Crippen molar-refractivity contribution in [1.29, 1.82) is 0 Å². The van der Waals surface area contributed by atoms with Crippen molar-refractivity contribution in [2.45, 2.75) is 32.2 Å². The summed E-state index contributed by atoms with van der Waals surface area (Å²) in [6.45, 7) is 3.32. The van der Waals surface area contributed by atoms with Gasteiger partial charge in [-0.05, 0) is 38.3 Å². The number of rotatable bonds is 1. The molecule has 2 N–H and O–H groups in total. The highest BCUT2D eigenvalue weighted by Crippen LogP contribution is 2.22. The first-order chi connectivity index (χ1) is 6.77. The molecule has 0 aliphatic carbocycles. The van der Waals surface area contributed by atoms with Crippen molar-refractivity contribution in [1.82, 2.24) is 10.2 Å². The van der Waals surface area contributed by atoms with Gasteiger partial charge in [-0.15, -0.1) is 10.2 Å². The van der Waals surface area contributed by atoms with E-state index >= 15 is 0 Å². The average Bonchev–Trinajstić information content (AvgIpc) is 2.20. The first-order valence-electron chi connectivity index (χ1n) is 5.13. The molecule has 0 spiro atoms. The summed E-state index contributed by atoms with van der Waals surface area (Å²) < 4.78 is 0. The van der Waals surface area contributed by atoms with Crippen molar-refractivity contribution in [3.8, 4) is 0 Å². The number of nitrogens with zero attached hydrogens (tertiary/aromatic N) is 3. The predicted molar refractivity (Wildman–Crippen MR) is 57.1 cm³/mol. The number of anilines is 2. The molecule has 0 aromatic carbocycles. The van der Waals surface area contributed by atoms with Gasteiger partial charge in [0, 0.05) is 12.6 Å². The summed E-state index contributed by atoms with van der Waals surface area (Å²) in [5.74, 6) is 1.44. The predicted octanol–water partition coefficient (Wildman–Crippen LogP) is 1.44. The van der Waals surface area contributed by atoms with Crippen LogP contribution in [-0.4, -0.2) is 22.8 Å². The number of piperidine rings is 1. The molecular formula is C10H16N4. The second kappa shape index (κ2) is 3.82. The van der Waals surface area contributed by atoms with E-state index in [2.05, 4.69) is 22.0 Å². The zero-order valence-electron chi connectivity index (χ0n) is 8.48. The second-order valence-corrected chi connectivity index (χ2v) is 3.85. The van der Waals surface area contributed by atoms with Gasteiger partial charge >= 0.3 is 0 Å². The van der Waals surface area contributed by atoms with Crippen LogP contribution in [0.5, 0.6) is 0 Å². The molecule has 76 valence electrons. The molecular weight excluding hydrogens is 176 g/mol. The third kappa shape index (κ3) is 1.78. The standard InChI is InChI=1S/C10H16N4/c1-8-4-2-3-7-14(8)10-6-5-9(11)12-13-10/h5-6,8H,2-4,7H2,1H3,(H2,11,12)/t8-/m1/s1. The molecule has 1 aromatic heterocycles. The van der Waals surface area contributed by atoms with Crippen LogP contribution in [0.4, 0.5) is 11.6 Å². The summed E-state index contributed by atoms with van der Waals surface area (Å²) in [5.41, 5.74) is 5.50. The lowest BCUT2D eigenvalue weighted by Gasteiger charge is -2.33. The van der Waals surface area contributed by atoms with E-state index in [1.54, 1.807) is 0 Å². The monoisotopic (exact) mass is 192 g/mol. The molecule has 2 rings (SSSR count). The molecule has 1 aliphatic heterocycles. The molecule has 4 nitrogen and oxygen atoms in total. The maximum absolute atomic E-state index is 5.50. The van der Waals surface area contributed by atoms with Crippen LogP contribution in [0.1, 0.15) is 26.2 Å². The number of hydrogen-bond acceptors (Lipinski definition) is 4. The lowest BCUT2D eigenvalue weighted by Crippen LogP contribution is -2.38. The largest absolute Gasteiger partial charge is 0.382 e. The molecule has 4 heteroatoms. The number of nitrogens with two attached hydrogens (primary N) is 1. The van der Waals surface area contributed by atoms with Gasteiger partial charge in [-0.25, -0.2) is 0 Å². The minimum Gasteiger partial charge on any atom is -0.382 e. The van der Waals surface area contributed by atoms with Crippen molar-refractivity contribution >= 4 is 11.6 Å². The fourth-order valence-corrected chi connectivity index (χ4v) is 1.93. The summed E-state index contributed by atoms with van der Waals surface area (Å²) in [6.07, 6.45) is 3.81. The zero-order chi connectivity index (χ0) is 9.97. The van der Waals surface area contributed by atoms with Gasteiger partial charge in [0.2, 0.25) is 0 Å². The highest BCUT2D eigenvalue weighted by atomic mass is 15.3. The third-order valence-corrected chi connectivity index (χ3v) is 2.77. The summed E-state index contributed by atoms with van der Waals surface area (Å²) >= 11 is 0. The Bertz CT molecular complexity index is 295.